The van der Waals surface area contributed by atoms with E-state index in [-0.39, 0.29) is 18.4 Å². The number of aromatic amines is 1. The molecule has 0 radical (unpaired) electrons. The SMILES string of the molecule is Cl.NC1CCCC(c2nc(-c3ncc[nH]3)no2)C1. The van der Waals surface area contributed by atoms with Gasteiger partial charge in [0.05, 0.1) is 0 Å². The summed E-state index contributed by atoms with van der Waals surface area (Å²) >= 11 is 0. The molecule has 1 aliphatic rings. The van der Waals surface area contributed by atoms with E-state index in [2.05, 4.69) is 20.1 Å². The third-order valence-corrected chi connectivity index (χ3v) is 3.22. The predicted molar refractivity (Wildman–Crippen MR) is 68.3 cm³/mol. The molecule has 2 unspecified atom stereocenters. The van der Waals surface area contributed by atoms with Gasteiger partial charge in [-0.15, -0.1) is 12.4 Å². The maximum atomic E-state index is 5.96. The molecule has 2 atom stereocenters. The van der Waals surface area contributed by atoms with Gasteiger partial charge in [-0.1, -0.05) is 11.6 Å². The minimum absolute atomic E-state index is 0. The van der Waals surface area contributed by atoms with Gasteiger partial charge in [0.1, 0.15) is 0 Å². The Morgan fingerprint density at radius 3 is 3.00 bits per heavy atom. The molecule has 0 bridgehead atoms. The maximum Gasteiger partial charge on any atom is 0.238 e. The summed E-state index contributed by atoms with van der Waals surface area (Å²) in [6.45, 7) is 0. The first kappa shape index (κ1) is 13.0. The van der Waals surface area contributed by atoms with Crippen LogP contribution < -0.4 is 5.73 Å². The van der Waals surface area contributed by atoms with E-state index in [4.69, 9.17) is 10.3 Å². The smallest absolute Gasteiger partial charge is 0.238 e. The molecule has 1 aliphatic carbocycles. The molecule has 2 heterocycles. The highest BCUT2D eigenvalue weighted by molar-refractivity contribution is 5.85. The van der Waals surface area contributed by atoms with Crippen LogP contribution in [0.3, 0.4) is 0 Å². The summed E-state index contributed by atoms with van der Waals surface area (Å²) in [7, 11) is 0. The molecule has 1 fully saturated rings. The average molecular weight is 270 g/mol. The van der Waals surface area contributed by atoms with E-state index in [1.807, 2.05) is 0 Å². The molecule has 18 heavy (non-hydrogen) atoms. The van der Waals surface area contributed by atoms with Crippen molar-refractivity contribution in [2.24, 2.45) is 5.73 Å². The van der Waals surface area contributed by atoms with Crippen LogP contribution in [0.15, 0.2) is 16.9 Å². The van der Waals surface area contributed by atoms with Crippen LogP contribution >= 0.6 is 12.4 Å². The molecule has 1 saturated carbocycles. The Hall–Kier alpha value is -1.40. The molecule has 3 N–H and O–H groups in total. The highest BCUT2D eigenvalue weighted by atomic mass is 35.5. The third-order valence-electron chi connectivity index (χ3n) is 3.22. The van der Waals surface area contributed by atoms with Crippen LogP contribution in [0.4, 0.5) is 0 Å². The zero-order chi connectivity index (χ0) is 11.7. The number of H-pyrrole nitrogens is 1. The van der Waals surface area contributed by atoms with Gasteiger partial charge in [-0.3, -0.25) is 0 Å². The van der Waals surface area contributed by atoms with Gasteiger partial charge in [0, 0.05) is 24.4 Å². The Bertz CT molecular complexity index is 483. The highest BCUT2D eigenvalue weighted by Crippen LogP contribution is 2.31. The van der Waals surface area contributed by atoms with Gasteiger partial charge in [0.15, 0.2) is 5.82 Å². The van der Waals surface area contributed by atoms with Gasteiger partial charge in [-0.2, -0.15) is 4.98 Å². The largest absolute Gasteiger partial charge is 0.342 e. The Morgan fingerprint density at radius 2 is 2.28 bits per heavy atom. The Morgan fingerprint density at radius 1 is 1.39 bits per heavy atom. The molecular weight excluding hydrogens is 254 g/mol. The number of nitrogens with zero attached hydrogens (tertiary/aromatic N) is 3. The second-order valence-corrected chi connectivity index (χ2v) is 4.52. The van der Waals surface area contributed by atoms with Crippen molar-refractivity contribution in [1.82, 2.24) is 20.1 Å². The van der Waals surface area contributed by atoms with Crippen molar-refractivity contribution in [3.63, 3.8) is 0 Å². The average Bonchev–Trinajstić information content (AvgIpc) is 3.00. The number of hydrogen-bond donors (Lipinski definition) is 2. The first-order valence-corrected chi connectivity index (χ1v) is 5.92. The standard InChI is InChI=1S/C11H15N5O.ClH/c12-8-3-1-2-7(6-8)11-15-10(16-17-11)9-13-4-5-14-9;/h4-5,7-8H,1-3,6,12H2,(H,13,14);1H. The number of nitrogens with two attached hydrogens (primary N) is 1. The number of aromatic nitrogens is 4. The van der Waals surface area contributed by atoms with Crippen LogP contribution in [0.5, 0.6) is 0 Å². The Kier molecular flexibility index (Phi) is 3.98. The fraction of sp³-hybridized carbons (Fsp3) is 0.545. The number of halogens is 1. The molecule has 0 amide bonds. The van der Waals surface area contributed by atoms with Crippen molar-refractivity contribution >= 4 is 12.4 Å². The lowest BCUT2D eigenvalue weighted by atomic mass is 9.86. The molecule has 0 spiro atoms. The van der Waals surface area contributed by atoms with E-state index in [1.165, 1.54) is 0 Å². The van der Waals surface area contributed by atoms with Crippen molar-refractivity contribution in [2.75, 3.05) is 0 Å². The first-order valence-electron chi connectivity index (χ1n) is 5.92. The molecule has 3 rings (SSSR count). The van der Waals surface area contributed by atoms with Crippen LogP contribution in [-0.4, -0.2) is 26.2 Å². The molecule has 7 heteroatoms. The highest BCUT2D eigenvalue weighted by Gasteiger charge is 2.25. The first-order chi connectivity index (χ1) is 8.33. The molecule has 98 valence electrons. The van der Waals surface area contributed by atoms with Gasteiger partial charge < -0.3 is 15.2 Å². The summed E-state index contributed by atoms with van der Waals surface area (Å²) in [5, 5.41) is 3.94. The van der Waals surface area contributed by atoms with Crippen LogP contribution in [0, 0.1) is 0 Å². The van der Waals surface area contributed by atoms with Gasteiger partial charge in [-0.25, -0.2) is 4.98 Å². The number of rotatable bonds is 2. The lowest BCUT2D eigenvalue weighted by Crippen LogP contribution is -2.26. The zero-order valence-electron chi connectivity index (χ0n) is 9.87. The van der Waals surface area contributed by atoms with E-state index in [0.29, 0.717) is 23.5 Å². The predicted octanol–water partition coefficient (Wildman–Crippen LogP) is 1.87. The summed E-state index contributed by atoms with van der Waals surface area (Å²) in [4.78, 5) is 11.4. The molecule has 0 aliphatic heterocycles. The van der Waals surface area contributed by atoms with Crippen LogP contribution in [-0.2, 0) is 0 Å². The number of nitrogens with one attached hydrogen (secondary N) is 1. The molecule has 0 saturated heterocycles. The summed E-state index contributed by atoms with van der Waals surface area (Å²) in [5.41, 5.74) is 5.96. The van der Waals surface area contributed by atoms with E-state index in [1.54, 1.807) is 12.4 Å². The van der Waals surface area contributed by atoms with Crippen molar-refractivity contribution in [3.05, 3.63) is 18.3 Å². The maximum absolute atomic E-state index is 5.96. The molecule has 2 aromatic heterocycles. The van der Waals surface area contributed by atoms with Gasteiger partial charge in [0.2, 0.25) is 11.7 Å². The van der Waals surface area contributed by atoms with Crippen molar-refractivity contribution in [1.29, 1.82) is 0 Å². The van der Waals surface area contributed by atoms with E-state index in [0.717, 1.165) is 25.7 Å². The van der Waals surface area contributed by atoms with Gasteiger partial charge in [0.25, 0.3) is 0 Å². The monoisotopic (exact) mass is 269 g/mol. The van der Waals surface area contributed by atoms with E-state index >= 15 is 0 Å². The molecule has 0 aromatic carbocycles. The molecule has 6 nitrogen and oxygen atoms in total. The van der Waals surface area contributed by atoms with Crippen molar-refractivity contribution < 1.29 is 4.52 Å². The molecular formula is C11H16ClN5O. The Balaban J connectivity index is 0.00000120. The van der Waals surface area contributed by atoms with Crippen LogP contribution in [0.1, 0.15) is 37.5 Å². The summed E-state index contributed by atoms with van der Waals surface area (Å²) in [6, 6.07) is 0.257. The summed E-state index contributed by atoms with van der Waals surface area (Å²) < 4.78 is 5.30. The lowest BCUT2D eigenvalue weighted by molar-refractivity contribution is 0.299. The van der Waals surface area contributed by atoms with Crippen molar-refractivity contribution in [2.45, 2.75) is 37.6 Å². The lowest BCUT2D eigenvalue weighted by Gasteiger charge is -2.23. The van der Waals surface area contributed by atoms with E-state index in [9.17, 15) is 0 Å². The quantitative estimate of drug-likeness (QED) is 0.868. The normalized spacial score (nSPS) is 23.6. The fourth-order valence-corrected chi connectivity index (χ4v) is 2.34. The van der Waals surface area contributed by atoms with Crippen molar-refractivity contribution in [3.8, 4) is 11.6 Å². The fourth-order valence-electron chi connectivity index (χ4n) is 2.34. The minimum Gasteiger partial charge on any atom is -0.342 e. The topological polar surface area (TPSA) is 93.6 Å². The summed E-state index contributed by atoms with van der Waals surface area (Å²) in [5.74, 6) is 2.14. The third kappa shape index (κ3) is 2.54. The number of imidazole rings is 1. The summed E-state index contributed by atoms with van der Waals surface area (Å²) in [6.07, 6.45) is 7.64. The second-order valence-electron chi connectivity index (χ2n) is 4.52. The van der Waals surface area contributed by atoms with Gasteiger partial charge >= 0.3 is 0 Å². The molecule has 2 aromatic rings. The number of hydrogen-bond acceptors (Lipinski definition) is 5. The zero-order valence-corrected chi connectivity index (χ0v) is 10.7. The van der Waals surface area contributed by atoms with E-state index < -0.39 is 0 Å². The Labute approximate surface area is 111 Å². The minimum atomic E-state index is 0. The van der Waals surface area contributed by atoms with Crippen LogP contribution in [0.2, 0.25) is 0 Å². The van der Waals surface area contributed by atoms with Gasteiger partial charge in [-0.05, 0) is 19.3 Å². The van der Waals surface area contributed by atoms with Crippen LogP contribution in [0.25, 0.3) is 11.6 Å². The second kappa shape index (κ2) is 5.49.